The fourth-order valence-electron chi connectivity index (χ4n) is 12.4. The molecule has 0 amide bonds. The van der Waals surface area contributed by atoms with Gasteiger partial charge in [0.05, 0.1) is 11.4 Å². The molecule has 0 radical (unpaired) electrons. The maximum atomic E-state index is 7.21. The van der Waals surface area contributed by atoms with E-state index in [0.29, 0.717) is 0 Å². The number of para-hydroxylation sites is 3. The average Bonchev–Trinajstić information content (AvgIpc) is 3.59. The topological polar surface area (TPSA) is 19.6 Å². The highest BCUT2D eigenvalue weighted by atomic mass is 16.3. The largest absolute Gasteiger partial charge is 0.454 e. The lowest BCUT2D eigenvalue weighted by molar-refractivity contribution is 0.331. The second-order valence-electron chi connectivity index (χ2n) is 21.8. The summed E-state index contributed by atoms with van der Waals surface area (Å²) < 4.78 is 7.21. The van der Waals surface area contributed by atoms with E-state index in [0.717, 1.165) is 11.2 Å². The number of rotatable bonds is 1. The Bertz CT molecular complexity index is 3000. The Morgan fingerprint density at radius 1 is 0.492 bits per heavy atom. The summed E-state index contributed by atoms with van der Waals surface area (Å²) in [5.74, 6) is 0. The molecule has 5 aliphatic rings. The molecular formula is C55H55BN2O. The second kappa shape index (κ2) is 11.1. The molecule has 0 saturated heterocycles. The van der Waals surface area contributed by atoms with Gasteiger partial charge in [-0.3, -0.25) is 0 Å². The van der Waals surface area contributed by atoms with E-state index in [1.165, 1.54) is 120 Å². The highest BCUT2D eigenvalue weighted by Crippen LogP contribution is 2.60. The van der Waals surface area contributed by atoms with Gasteiger partial charge in [-0.2, -0.15) is 0 Å². The van der Waals surface area contributed by atoms with Crippen molar-refractivity contribution in [2.45, 2.75) is 122 Å². The Morgan fingerprint density at radius 2 is 1.08 bits per heavy atom. The number of fused-ring (bicyclic) bond motifs is 12. The van der Waals surface area contributed by atoms with Gasteiger partial charge in [0.2, 0.25) is 0 Å². The minimum atomic E-state index is -0.231. The lowest BCUT2D eigenvalue weighted by Crippen LogP contribution is -2.62. The van der Waals surface area contributed by atoms with Crippen molar-refractivity contribution in [3.05, 3.63) is 137 Å². The molecule has 12 rings (SSSR count). The van der Waals surface area contributed by atoms with Gasteiger partial charge in [-0.1, -0.05) is 130 Å². The van der Waals surface area contributed by atoms with Crippen molar-refractivity contribution < 1.29 is 4.42 Å². The first-order chi connectivity index (χ1) is 28.0. The van der Waals surface area contributed by atoms with E-state index in [-0.39, 0.29) is 33.9 Å². The number of nitrogens with zero attached hydrogens (tertiary/aromatic N) is 2. The van der Waals surface area contributed by atoms with Crippen molar-refractivity contribution in [2.24, 2.45) is 0 Å². The quantitative estimate of drug-likeness (QED) is 0.155. The van der Waals surface area contributed by atoms with Crippen LogP contribution >= 0.6 is 0 Å². The lowest BCUT2D eigenvalue weighted by Gasteiger charge is -2.52. The zero-order valence-electron chi connectivity index (χ0n) is 36.5. The molecule has 4 heteroatoms. The number of anilines is 5. The Hall–Kier alpha value is -5.22. The van der Waals surface area contributed by atoms with E-state index in [4.69, 9.17) is 4.42 Å². The molecule has 0 saturated carbocycles. The Balaban J connectivity index is 1.28. The fraction of sp³-hybridized carbons (Fsp3) is 0.345. The van der Waals surface area contributed by atoms with Crippen molar-refractivity contribution in [2.75, 3.05) is 9.71 Å². The molecule has 0 atom stereocenters. The van der Waals surface area contributed by atoms with Gasteiger partial charge in [0.15, 0.2) is 5.58 Å². The van der Waals surface area contributed by atoms with Gasteiger partial charge >= 0.3 is 6.85 Å². The lowest BCUT2D eigenvalue weighted by atomic mass is 9.42. The molecule has 3 aliphatic heterocycles. The zero-order chi connectivity index (χ0) is 40.8. The van der Waals surface area contributed by atoms with E-state index >= 15 is 0 Å². The normalized spacial score (nSPS) is 20.3. The molecule has 7 aromatic rings. The standard InChI is InChI=1S/C55H55BN2O/c1-51(2)23-25-53(5,6)40-30-44-34(28-38(40)51)35-27-36-33-19-14-15-22-46(33)59-50(36)49-47(35)56(58(44)32-17-12-11-13-18-32)43-21-16-20-37-48(43)57(49)45-31-41-39(29-42(45)55(37,9)10)52(3,4)24-26-54(41,7)8/h11-22,27-31H,23-26H2,1-10H3. The van der Waals surface area contributed by atoms with Crippen LogP contribution in [-0.2, 0) is 27.1 Å². The summed E-state index contributed by atoms with van der Waals surface area (Å²) in [4.78, 5) is 5.38. The summed E-state index contributed by atoms with van der Waals surface area (Å²) in [5.41, 5.74) is 22.5. The second-order valence-corrected chi connectivity index (χ2v) is 21.8. The highest BCUT2D eigenvalue weighted by Gasteiger charge is 2.52. The van der Waals surface area contributed by atoms with Crippen molar-refractivity contribution in [3.63, 3.8) is 0 Å². The van der Waals surface area contributed by atoms with Crippen LogP contribution < -0.4 is 20.6 Å². The molecule has 4 heterocycles. The predicted octanol–water partition coefficient (Wildman–Crippen LogP) is 13.6. The van der Waals surface area contributed by atoms with Crippen LogP contribution in [0.2, 0.25) is 0 Å². The molecule has 0 N–H and O–H groups in total. The van der Waals surface area contributed by atoms with Gasteiger partial charge in [0, 0.05) is 38.8 Å². The molecule has 0 bridgehead atoms. The number of hydrogen-bond acceptors (Lipinski definition) is 3. The van der Waals surface area contributed by atoms with E-state index in [1.54, 1.807) is 0 Å². The monoisotopic (exact) mass is 770 g/mol. The Kier molecular flexibility index (Phi) is 6.73. The van der Waals surface area contributed by atoms with Crippen molar-refractivity contribution >= 4 is 68.1 Å². The van der Waals surface area contributed by atoms with Crippen molar-refractivity contribution in [1.82, 2.24) is 0 Å². The van der Waals surface area contributed by atoms with Crippen LogP contribution in [0.1, 0.15) is 128 Å². The highest BCUT2D eigenvalue weighted by molar-refractivity contribution is 6.94. The molecule has 6 aromatic carbocycles. The molecule has 0 unspecified atom stereocenters. The molecule has 59 heavy (non-hydrogen) atoms. The first-order valence-corrected chi connectivity index (χ1v) is 22.1. The maximum absolute atomic E-state index is 7.21. The van der Waals surface area contributed by atoms with Crippen LogP contribution in [0.15, 0.2) is 108 Å². The molecule has 1 aromatic heterocycles. The van der Waals surface area contributed by atoms with Gasteiger partial charge in [0.1, 0.15) is 5.58 Å². The van der Waals surface area contributed by atoms with Crippen LogP contribution in [0, 0.1) is 0 Å². The molecular weight excluding hydrogens is 715 g/mol. The third-order valence-electron chi connectivity index (χ3n) is 16.1. The smallest absolute Gasteiger partial charge is 0.333 e. The number of furan rings is 1. The number of benzene rings is 6. The van der Waals surface area contributed by atoms with Crippen molar-refractivity contribution in [3.8, 4) is 11.1 Å². The van der Waals surface area contributed by atoms with Crippen LogP contribution in [0.3, 0.4) is 0 Å². The summed E-state index contributed by atoms with van der Waals surface area (Å²) in [6, 6.07) is 40.1. The number of hydrogen-bond donors (Lipinski definition) is 0. The van der Waals surface area contributed by atoms with Gasteiger partial charge in [-0.25, -0.2) is 0 Å². The van der Waals surface area contributed by atoms with Gasteiger partial charge in [-0.05, 0) is 140 Å². The van der Waals surface area contributed by atoms with Crippen molar-refractivity contribution in [1.29, 1.82) is 0 Å². The fourth-order valence-corrected chi connectivity index (χ4v) is 12.4. The minimum Gasteiger partial charge on any atom is -0.454 e. The van der Waals surface area contributed by atoms with Gasteiger partial charge < -0.3 is 14.1 Å². The third kappa shape index (κ3) is 4.51. The maximum Gasteiger partial charge on any atom is 0.333 e. The molecule has 3 nitrogen and oxygen atoms in total. The van der Waals surface area contributed by atoms with E-state index < -0.39 is 0 Å². The van der Waals surface area contributed by atoms with E-state index in [2.05, 4.69) is 182 Å². The van der Waals surface area contributed by atoms with Crippen LogP contribution in [0.5, 0.6) is 0 Å². The van der Waals surface area contributed by atoms with Crippen LogP contribution in [0.25, 0.3) is 33.1 Å². The molecule has 2 aliphatic carbocycles. The molecule has 294 valence electrons. The average molecular weight is 771 g/mol. The predicted molar refractivity (Wildman–Crippen MR) is 250 cm³/mol. The minimum absolute atomic E-state index is 0.0651. The van der Waals surface area contributed by atoms with Gasteiger partial charge in [0.25, 0.3) is 0 Å². The Morgan fingerprint density at radius 3 is 1.76 bits per heavy atom. The van der Waals surface area contributed by atoms with Gasteiger partial charge in [-0.15, -0.1) is 0 Å². The van der Waals surface area contributed by atoms with E-state index in [1.807, 2.05) is 0 Å². The van der Waals surface area contributed by atoms with Crippen LogP contribution in [0.4, 0.5) is 28.4 Å². The molecule has 0 fully saturated rings. The summed E-state index contributed by atoms with van der Waals surface area (Å²) >= 11 is 0. The zero-order valence-corrected chi connectivity index (χ0v) is 36.5. The summed E-state index contributed by atoms with van der Waals surface area (Å²) in [7, 11) is 0. The Labute approximate surface area is 350 Å². The SMILES string of the molecule is CC1(C)CCC(C)(C)c2cc3c(cc21)-c1cc2c(oc4ccccc42)c2c1B(c1cccc4c1N2c1cc2c(cc1C4(C)C)C(C)(C)CCC2(C)C)N3c1ccccc1. The van der Waals surface area contributed by atoms with E-state index in [9.17, 15) is 0 Å². The summed E-state index contributed by atoms with van der Waals surface area (Å²) in [5, 5.41) is 2.37. The third-order valence-corrected chi connectivity index (χ3v) is 16.1. The summed E-state index contributed by atoms with van der Waals surface area (Å²) in [6.45, 7) is 24.6. The first kappa shape index (κ1) is 35.7. The van der Waals surface area contributed by atoms with Crippen LogP contribution in [-0.4, -0.2) is 6.85 Å². The first-order valence-electron chi connectivity index (χ1n) is 22.1. The molecule has 0 spiro atoms. The summed E-state index contributed by atoms with van der Waals surface area (Å²) in [6.07, 6.45) is 4.72.